The van der Waals surface area contributed by atoms with Gasteiger partial charge >= 0.3 is 0 Å². The summed E-state index contributed by atoms with van der Waals surface area (Å²) in [5.74, 6) is 0.811. The third-order valence-corrected chi connectivity index (χ3v) is 6.41. The maximum absolute atomic E-state index is 15.0. The molecule has 1 radical (unpaired) electrons. The molecule has 0 N–H and O–H groups in total. The molecule has 2 aromatic carbocycles. The van der Waals surface area contributed by atoms with E-state index < -0.39 is 5.82 Å². The first-order valence-corrected chi connectivity index (χ1v) is 11.4. The Bertz CT molecular complexity index is 1250. The number of halogens is 3. The Kier molecular flexibility index (Phi) is 6.06. The zero-order valence-corrected chi connectivity index (χ0v) is 19.9. The molecule has 0 saturated heterocycles. The molecule has 0 aliphatic rings. The van der Waals surface area contributed by atoms with Gasteiger partial charge in [0.1, 0.15) is 27.7 Å². The van der Waals surface area contributed by atoms with Gasteiger partial charge in [0.05, 0.1) is 5.02 Å². The van der Waals surface area contributed by atoms with Crippen molar-refractivity contribution in [3.05, 3.63) is 62.0 Å². The van der Waals surface area contributed by atoms with Crippen LogP contribution in [0.2, 0.25) is 5.02 Å². The van der Waals surface area contributed by atoms with Gasteiger partial charge in [0, 0.05) is 28.0 Å². The molecule has 10 heteroatoms. The first-order valence-electron chi connectivity index (χ1n) is 8.60. The van der Waals surface area contributed by atoms with Crippen molar-refractivity contribution >= 4 is 50.4 Å². The third-order valence-electron chi connectivity index (χ3n) is 4.00. The van der Waals surface area contributed by atoms with Crippen molar-refractivity contribution in [2.45, 2.75) is 20.8 Å². The van der Waals surface area contributed by atoms with Crippen LogP contribution >= 0.6 is 50.4 Å². The lowest BCUT2D eigenvalue weighted by molar-refractivity contribution is 0.474. The number of ether oxygens (including phenoxy) is 2. The number of nitrogens with zero attached hydrogens (tertiary/aromatic N) is 3. The second kappa shape index (κ2) is 8.58. The van der Waals surface area contributed by atoms with Gasteiger partial charge in [0.2, 0.25) is 0 Å². The number of aromatic nitrogens is 3. The first-order chi connectivity index (χ1) is 14.3. The van der Waals surface area contributed by atoms with Gasteiger partial charge in [-0.2, -0.15) is 14.3 Å². The summed E-state index contributed by atoms with van der Waals surface area (Å²) in [5, 5.41) is 2.69. The van der Waals surface area contributed by atoms with E-state index in [0.29, 0.717) is 32.1 Å². The Morgan fingerprint density at radius 1 is 1.07 bits per heavy atom. The molecule has 4 aromatic rings. The molecule has 0 saturated carbocycles. The van der Waals surface area contributed by atoms with Crippen molar-refractivity contribution in [2.75, 3.05) is 0 Å². The van der Waals surface area contributed by atoms with E-state index in [1.54, 1.807) is 13.0 Å². The Balaban J connectivity index is 1.82. The van der Waals surface area contributed by atoms with E-state index in [0.717, 1.165) is 22.7 Å². The highest BCUT2D eigenvalue weighted by Gasteiger charge is 2.20. The van der Waals surface area contributed by atoms with E-state index in [-0.39, 0.29) is 16.3 Å². The van der Waals surface area contributed by atoms with Gasteiger partial charge in [0.25, 0.3) is 10.4 Å². The molecular formula is C20H13BrClFN3O2S2. The van der Waals surface area contributed by atoms with Crippen LogP contribution in [0.1, 0.15) is 17.0 Å². The van der Waals surface area contributed by atoms with E-state index in [2.05, 4.69) is 36.3 Å². The van der Waals surface area contributed by atoms with Crippen LogP contribution < -0.4 is 9.47 Å². The SMILES string of the molecule is Cc1[c]c(C)c(-c2cc(Oc3nc(C)ns3)c(Cl)cc2F)c(Oc2nc(Br)cs2)c1. The average Bonchev–Trinajstić information content (AvgIpc) is 3.26. The van der Waals surface area contributed by atoms with Crippen LogP contribution in [0.15, 0.2) is 28.2 Å². The number of hydrogen-bond donors (Lipinski definition) is 0. The fourth-order valence-corrected chi connectivity index (χ4v) is 4.69. The van der Waals surface area contributed by atoms with Crippen molar-refractivity contribution in [1.29, 1.82) is 0 Å². The molecule has 0 amide bonds. The van der Waals surface area contributed by atoms with Crippen LogP contribution in [0.3, 0.4) is 0 Å². The molecule has 0 atom stereocenters. The zero-order chi connectivity index (χ0) is 21.4. The van der Waals surface area contributed by atoms with E-state index >= 15 is 4.39 Å². The Morgan fingerprint density at radius 2 is 1.83 bits per heavy atom. The molecule has 153 valence electrons. The molecule has 0 spiro atoms. The van der Waals surface area contributed by atoms with Gasteiger partial charge in [-0.25, -0.2) is 4.39 Å². The zero-order valence-electron chi connectivity index (χ0n) is 15.9. The van der Waals surface area contributed by atoms with Crippen molar-refractivity contribution < 1.29 is 13.9 Å². The smallest absolute Gasteiger partial charge is 0.298 e. The number of benzene rings is 2. The van der Waals surface area contributed by atoms with Crippen molar-refractivity contribution in [3.63, 3.8) is 0 Å². The highest BCUT2D eigenvalue weighted by Crippen LogP contribution is 2.43. The molecule has 0 unspecified atom stereocenters. The minimum absolute atomic E-state index is 0.129. The van der Waals surface area contributed by atoms with E-state index in [1.165, 1.54) is 23.5 Å². The normalized spacial score (nSPS) is 11.0. The lowest BCUT2D eigenvalue weighted by Gasteiger charge is -2.16. The predicted octanol–water partition coefficient (Wildman–Crippen LogP) is 7.53. The van der Waals surface area contributed by atoms with Crippen molar-refractivity contribution in [2.24, 2.45) is 0 Å². The van der Waals surface area contributed by atoms with Crippen molar-refractivity contribution in [1.82, 2.24) is 14.3 Å². The second-order valence-electron chi connectivity index (χ2n) is 6.33. The molecule has 0 aliphatic heterocycles. The van der Waals surface area contributed by atoms with Gasteiger partial charge in [-0.3, -0.25) is 0 Å². The first kappa shape index (κ1) is 21.2. The minimum Gasteiger partial charge on any atom is -0.430 e. The number of rotatable bonds is 5. The summed E-state index contributed by atoms with van der Waals surface area (Å²) >= 11 is 12.0. The maximum Gasteiger partial charge on any atom is 0.298 e. The van der Waals surface area contributed by atoms with Crippen LogP contribution in [-0.2, 0) is 0 Å². The number of thiazole rings is 1. The van der Waals surface area contributed by atoms with E-state index in [9.17, 15) is 0 Å². The van der Waals surface area contributed by atoms with Crippen LogP contribution in [0.4, 0.5) is 4.39 Å². The summed E-state index contributed by atoms with van der Waals surface area (Å²) in [6, 6.07) is 7.75. The predicted molar refractivity (Wildman–Crippen MR) is 120 cm³/mol. The molecule has 0 fully saturated rings. The molecule has 5 nitrogen and oxygen atoms in total. The van der Waals surface area contributed by atoms with Crippen LogP contribution in [-0.4, -0.2) is 14.3 Å². The molecule has 2 aromatic heterocycles. The summed E-state index contributed by atoms with van der Waals surface area (Å²) in [6.07, 6.45) is 0. The molecule has 30 heavy (non-hydrogen) atoms. The number of aryl methyl sites for hydroxylation is 3. The van der Waals surface area contributed by atoms with Gasteiger partial charge in [-0.05, 0) is 72.1 Å². The minimum atomic E-state index is -0.508. The lowest BCUT2D eigenvalue weighted by Crippen LogP contribution is -1.96. The van der Waals surface area contributed by atoms with E-state index in [4.69, 9.17) is 21.1 Å². The fourth-order valence-electron chi connectivity index (χ4n) is 2.86. The average molecular weight is 526 g/mol. The van der Waals surface area contributed by atoms with Gasteiger partial charge < -0.3 is 9.47 Å². The highest BCUT2D eigenvalue weighted by atomic mass is 79.9. The summed E-state index contributed by atoms with van der Waals surface area (Å²) in [7, 11) is 0. The molecule has 0 bridgehead atoms. The summed E-state index contributed by atoms with van der Waals surface area (Å²) in [6.45, 7) is 5.49. The quantitative estimate of drug-likeness (QED) is 0.270. The fraction of sp³-hybridized carbons (Fsp3) is 0.150. The summed E-state index contributed by atoms with van der Waals surface area (Å²) in [5.41, 5.74) is 2.39. The maximum atomic E-state index is 15.0. The van der Waals surface area contributed by atoms with Gasteiger partial charge in [-0.1, -0.05) is 22.9 Å². The van der Waals surface area contributed by atoms with Crippen molar-refractivity contribution in [3.8, 4) is 33.0 Å². The Hall–Kier alpha value is -2.07. The Labute approximate surface area is 193 Å². The standard InChI is InChI=1S/C20H13BrClFN3O2S2/c1-9-4-10(2)18(16(5-9)28-19-25-17(21)8-29-19)12-6-15(13(22)7-14(12)23)27-20-24-11(3)26-30-20/h5-8H,1-3H3. The Morgan fingerprint density at radius 3 is 2.50 bits per heavy atom. The molecular weight excluding hydrogens is 513 g/mol. The van der Waals surface area contributed by atoms with E-state index in [1.807, 2.05) is 19.2 Å². The van der Waals surface area contributed by atoms with Crippen LogP contribution in [0.5, 0.6) is 21.9 Å². The monoisotopic (exact) mass is 524 g/mol. The molecule has 0 aliphatic carbocycles. The lowest BCUT2D eigenvalue weighted by atomic mass is 9.96. The largest absolute Gasteiger partial charge is 0.430 e. The summed E-state index contributed by atoms with van der Waals surface area (Å²) < 4.78 is 31.5. The topological polar surface area (TPSA) is 57.1 Å². The highest BCUT2D eigenvalue weighted by molar-refractivity contribution is 9.10. The second-order valence-corrected chi connectivity index (χ2v) is 9.08. The van der Waals surface area contributed by atoms with Crippen LogP contribution in [0.25, 0.3) is 11.1 Å². The number of hydrogen-bond acceptors (Lipinski definition) is 7. The third kappa shape index (κ3) is 4.49. The molecule has 2 heterocycles. The molecule has 4 rings (SSSR count). The van der Waals surface area contributed by atoms with Crippen LogP contribution in [0, 0.1) is 32.7 Å². The summed E-state index contributed by atoms with van der Waals surface area (Å²) in [4.78, 5) is 8.43. The van der Waals surface area contributed by atoms with Gasteiger partial charge in [0.15, 0.2) is 0 Å². The van der Waals surface area contributed by atoms with Gasteiger partial charge in [-0.15, -0.1) is 0 Å².